The quantitative estimate of drug-likeness (QED) is 0.196. The standard InChI is InChI=1S/C35H50FN6O8PS/c1-5-23-18-35(23,32(45)38-51(47)15-8-9-16-51)37-30(43)28-17-25(50-33(46)41-19-22-11-10-14-27(36)26(22)21-41)20-42(28)31(44)29(34(2,3)4)40-52(48,49)39-24-12-6-7-13-24/h5,10-11,14,23-25,28-29,39-40H,1,6-9,12-13,15-21H2,2-4H3,(H,37,43)(H,38,45,47)/t23?,25?,28-,29+,35+/m0/s1. The molecule has 0 radical (unpaired) electrons. The molecule has 4 fully saturated rings. The predicted octanol–water partition coefficient (Wildman–Crippen LogP) is 3.28. The third-order valence-corrected chi connectivity index (χ3v) is 14.9. The van der Waals surface area contributed by atoms with Crippen LogP contribution in [0.4, 0.5) is 9.18 Å². The van der Waals surface area contributed by atoms with Crippen molar-refractivity contribution in [3.8, 4) is 0 Å². The fourth-order valence-corrected chi connectivity index (χ4v) is 11.9. The molecule has 14 nitrogen and oxygen atoms in total. The molecular weight excluding hydrogens is 714 g/mol. The molecule has 2 unspecified atom stereocenters. The highest BCUT2D eigenvalue weighted by Gasteiger charge is 2.62. The molecule has 0 aromatic heterocycles. The Morgan fingerprint density at radius 1 is 1.10 bits per heavy atom. The smallest absolute Gasteiger partial charge is 0.410 e. The van der Waals surface area contributed by atoms with E-state index in [9.17, 15) is 36.6 Å². The zero-order chi connectivity index (χ0) is 37.6. The Bertz CT molecular complexity index is 1770. The minimum atomic E-state index is -4.15. The highest BCUT2D eigenvalue weighted by atomic mass is 32.2. The highest BCUT2D eigenvalue weighted by molar-refractivity contribution is 7.87. The number of hydrogen-bond acceptors (Lipinski definition) is 8. The lowest BCUT2D eigenvalue weighted by molar-refractivity contribution is -0.142. The number of rotatable bonds is 11. The molecule has 5 atom stereocenters. The number of hydrogen-bond donors (Lipinski definition) is 4. The summed E-state index contributed by atoms with van der Waals surface area (Å²) in [5.41, 5.74) is -1.35. The van der Waals surface area contributed by atoms with Crippen LogP contribution in [0.2, 0.25) is 0 Å². The molecule has 5 aliphatic rings. The van der Waals surface area contributed by atoms with E-state index in [1.807, 2.05) is 0 Å². The third-order valence-electron chi connectivity index (χ3n) is 11.0. The van der Waals surface area contributed by atoms with Gasteiger partial charge in [-0.2, -0.15) is 17.9 Å². The number of fused-ring (bicyclic) bond motifs is 1. The second kappa shape index (κ2) is 14.5. The average molecular weight is 765 g/mol. The van der Waals surface area contributed by atoms with Crippen molar-refractivity contribution in [2.45, 2.75) is 115 Å². The summed E-state index contributed by atoms with van der Waals surface area (Å²) in [4.78, 5) is 58.2. The van der Waals surface area contributed by atoms with Crippen molar-refractivity contribution in [3.63, 3.8) is 0 Å². The van der Waals surface area contributed by atoms with Crippen LogP contribution in [-0.4, -0.2) is 90.7 Å². The normalized spacial score (nSPS) is 27.6. The van der Waals surface area contributed by atoms with E-state index in [4.69, 9.17) is 4.74 Å². The van der Waals surface area contributed by atoms with Crippen LogP contribution in [0.25, 0.3) is 0 Å². The number of likely N-dealkylation sites (tertiary alicyclic amines) is 1. The van der Waals surface area contributed by atoms with Crippen LogP contribution >= 0.6 is 7.29 Å². The number of nitrogens with one attached hydrogen (secondary N) is 4. The fraction of sp³-hybridized carbons (Fsp3) is 0.657. The van der Waals surface area contributed by atoms with Gasteiger partial charge < -0.3 is 24.6 Å². The summed E-state index contributed by atoms with van der Waals surface area (Å²) in [6.45, 7) is 8.77. The van der Waals surface area contributed by atoms with Crippen LogP contribution in [0.5, 0.6) is 0 Å². The van der Waals surface area contributed by atoms with E-state index in [1.165, 1.54) is 15.9 Å². The number of nitrogens with zero attached hydrogens (tertiary/aromatic N) is 2. The SMILES string of the molecule is C=CC1C[C@]1(NC(=O)[C@@H]1CC(OC(=O)N2Cc3cccc(F)c3C2)CN1C(=O)[C@@H](NS(=O)(=O)NC1CCCC1)C(C)(C)C)C(=O)NP1(=O)CCCC1. The molecule has 52 heavy (non-hydrogen) atoms. The first kappa shape index (κ1) is 38.4. The summed E-state index contributed by atoms with van der Waals surface area (Å²) in [7, 11) is -7.10. The van der Waals surface area contributed by atoms with E-state index in [2.05, 4.69) is 26.4 Å². The van der Waals surface area contributed by atoms with Crippen LogP contribution in [0.15, 0.2) is 30.9 Å². The van der Waals surface area contributed by atoms with Gasteiger partial charge in [-0.1, -0.05) is 51.8 Å². The molecule has 0 spiro atoms. The van der Waals surface area contributed by atoms with Gasteiger partial charge in [-0.05, 0) is 49.1 Å². The number of benzene rings is 1. The molecule has 286 valence electrons. The Kier molecular flexibility index (Phi) is 10.7. The molecule has 1 aromatic carbocycles. The third kappa shape index (κ3) is 8.09. The number of ether oxygens (including phenoxy) is 1. The molecule has 0 bridgehead atoms. The van der Waals surface area contributed by atoms with Gasteiger partial charge in [0, 0.05) is 42.8 Å². The number of carbonyl (C=O) groups excluding carboxylic acids is 4. The van der Waals surface area contributed by atoms with Crippen LogP contribution in [0.3, 0.4) is 0 Å². The molecule has 3 aliphatic heterocycles. The zero-order valence-electron chi connectivity index (χ0n) is 30.0. The molecule has 4 N–H and O–H groups in total. The molecule has 4 amide bonds. The first-order valence-electron chi connectivity index (χ1n) is 18.1. The Morgan fingerprint density at radius 3 is 2.40 bits per heavy atom. The van der Waals surface area contributed by atoms with Gasteiger partial charge in [0.25, 0.3) is 16.1 Å². The van der Waals surface area contributed by atoms with Crippen molar-refractivity contribution in [2.75, 3.05) is 18.9 Å². The number of halogens is 1. The van der Waals surface area contributed by atoms with Crippen molar-refractivity contribution in [1.82, 2.24) is 29.6 Å². The van der Waals surface area contributed by atoms with Gasteiger partial charge in [0.2, 0.25) is 11.8 Å². The van der Waals surface area contributed by atoms with Gasteiger partial charge in [0.05, 0.1) is 13.1 Å². The molecule has 17 heteroatoms. The fourth-order valence-electron chi connectivity index (χ4n) is 7.90. The topological polar surface area (TPSA) is 183 Å². The summed E-state index contributed by atoms with van der Waals surface area (Å²) < 4.78 is 65.3. The van der Waals surface area contributed by atoms with Gasteiger partial charge in [0.15, 0.2) is 7.29 Å². The van der Waals surface area contributed by atoms with Crippen molar-refractivity contribution in [1.29, 1.82) is 0 Å². The van der Waals surface area contributed by atoms with Crippen molar-refractivity contribution in [2.24, 2.45) is 11.3 Å². The van der Waals surface area contributed by atoms with Crippen LogP contribution in [-0.2, 0) is 47.0 Å². The largest absolute Gasteiger partial charge is 0.444 e. The van der Waals surface area contributed by atoms with Crippen molar-refractivity contribution in [3.05, 3.63) is 47.8 Å². The highest BCUT2D eigenvalue weighted by Crippen LogP contribution is 2.52. The van der Waals surface area contributed by atoms with Gasteiger partial charge >= 0.3 is 6.09 Å². The molecule has 3 heterocycles. The minimum Gasteiger partial charge on any atom is -0.444 e. The zero-order valence-corrected chi connectivity index (χ0v) is 31.7. The second-order valence-corrected chi connectivity index (χ2v) is 20.4. The summed E-state index contributed by atoms with van der Waals surface area (Å²) in [5, 5.41) is 5.54. The Labute approximate surface area is 304 Å². The second-order valence-electron chi connectivity index (χ2n) is 16.0. The van der Waals surface area contributed by atoms with E-state index in [-0.39, 0.29) is 38.5 Å². The van der Waals surface area contributed by atoms with E-state index in [1.54, 1.807) is 39.0 Å². The maximum Gasteiger partial charge on any atom is 0.410 e. The lowest BCUT2D eigenvalue weighted by Gasteiger charge is -2.35. The molecule has 2 saturated heterocycles. The molecule has 2 aliphatic carbocycles. The van der Waals surface area contributed by atoms with E-state index < -0.39 is 82.2 Å². The molecule has 6 rings (SSSR count). The molecular formula is C35H50FN6O8PS. The number of carbonyl (C=O) groups is 4. The molecule has 2 saturated carbocycles. The van der Waals surface area contributed by atoms with Gasteiger partial charge in [-0.25, -0.2) is 9.18 Å². The Balaban J connectivity index is 1.23. The average Bonchev–Trinajstić information content (AvgIpc) is 3.64. The monoisotopic (exact) mass is 764 g/mol. The first-order valence-corrected chi connectivity index (χ1v) is 21.7. The van der Waals surface area contributed by atoms with E-state index >= 15 is 0 Å². The van der Waals surface area contributed by atoms with E-state index in [0.29, 0.717) is 36.3 Å². The summed E-state index contributed by atoms with van der Waals surface area (Å²) >= 11 is 0. The van der Waals surface area contributed by atoms with E-state index in [0.717, 1.165) is 25.7 Å². The summed E-state index contributed by atoms with van der Waals surface area (Å²) in [6.07, 6.45) is 5.26. The maximum atomic E-state index is 14.5. The maximum absolute atomic E-state index is 14.5. The van der Waals surface area contributed by atoms with Crippen molar-refractivity contribution >= 4 is 41.3 Å². The number of amides is 4. The predicted molar refractivity (Wildman–Crippen MR) is 191 cm³/mol. The summed E-state index contributed by atoms with van der Waals surface area (Å²) in [6, 6.07) is 1.77. The molecule has 1 aromatic rings. The lowest BCUT2D eigenvalue weighted by Crippen LogP contribution is -2.61. The van der Waals surface area contributed by atoms with Gasteiger partial charge in [0.1, 0.15) is 29.5 Å². The van der Waals surface area contributed by atoms with Crippen molar-refractivity contribution < 1.29 is 41.3 Å². The van der Waals surface area contributed by atoms with Gasteiger partial charge in [-0.15, -0.1) is 6.58 Å². The minimum absolute atomic E-state index is 0.00752. The van der Waals surface area contributed by atoms with Gasteiger partial charge in [-0.3, -0.25) is 19.3 Å². The first-order chi connectivity index (χ1) is 24.4. The van der Waals surface area contributed by atoms with Crippen LogP contribution in [0, 0.1) is 17.2 Å². The van der Waals surface area contributed by atoms with Crippen LogP contribution < -0.4 is 19.8 Å². The Morgan fingerprint density at radius 2 is 1.79 bits per heavy atom. The Hall–Kier alpha value is -3.33. The summed E-state index contributed by atoms with van der Waals surface area (Å²) in [5.74, 6) is -2.86. The lowest BCUT2D eigenvalue weighted by atomic mass is 9.86. The van der Waals surface area contributed by atoms with Crippen LogP contribution in [0.1, 0.15) is 83.3 Å².